The van der Waals surface area contributed by atoms with E-state index in [0.29, 0.717) is 26.0 Å². The minimum atomic E-state index is -1.01. The van der Waals surface area contributed by atoms with Gasteiger partial charge in [0.15, 0.2) is 0 Å². The largest absolute Gasteiger partial charge is 0.380 e. The van der Waals surface area contributed by atoms with Crippen LogP contribution in [0.25, 0.3) is 11.0 Å². The van der Waals surface area contributed by atoms with Gasteiger partial charge in [0.1, 0.15) is 5.67 Å². The Hall–Kier alpha value is -1.70. The first-order chi connectivity index (χ1) is 14.2. The van der Waals surface area contributed by atoms with E-state index in [-0.39, 0.29) is 0 Å². The third kappa shape index (κ3) is 4.90. The Kier molecular flexibility index (Phi) is 6.67. The van der Waals surface area contributed by atoms with Crippen molar-refractivity contribution in [2.75, 3.05) is 63.9 Å². The summed E-state index contributed by atoms with van der Waals surface area (Å²) >= 11 is 0. The second-order valence-corrected chi connectivity index (χ2v) is 8.26. The molecule has 1 aromatic carbocycles. The van der Waals surface area contributed by atoms with E-state index in [1.54, 1.807) is 0 Å². The Morgan fingerprint density at radius 3 is 2.90 bits per heavy atom. The van der Waals surface area contributed by atoms with E-state index in [4.69, 9.17) is 9.72 Å². The fourth-order valence-corrected chi connectivity index (χ4v) is 4.50. The lowest BCUT2D eigenvalue weighted by Crippen LogP contribution is -2.36. The van der Waals surface area contributed by atoms with Gasteiger partial charge in [-0.2, -0.15) is 0 Å². The van der Waals surface area contributed by atoms with Crippen LogP contribution < -0.4 is 10.2 Å². The molecule has 1 unspecified atom stereocenters. The van der Waals surface area contributed by atoms with Crippen LogP contribution in [0.1, 0.15) is 26.2 Å². The molecule has 2 aromatic rings. The second-order valence-electron chi connectivity index (χ2n) is 8.26. The molecule has 160 valence electrons. The van der Waals surface area contributed by atoms with E-state index in [1.165, 1.54) is 0 Å². The predicted molar refractivity (Wildman–Crippen MR) is 115 cm³/mol. The monoisotopic (exact) mass is 403 g/mol. The average molecular weight is 404 g/mol. The summed E-state index contributed by atoms with van der Waals surface area (Å²) in [6, 6.07) is 8.33. The SMILES string of the molecule is CCOCCn1c(N2CCCN(CCC3(F)CCNC3)CC2)nc2ccccc21. The lowest BCUT2D eigenvalue weighted by Gasteiger charge is -2.26. The maximum absolute atomic E-state index is 14.7. The maximum Gasteiger partial charge on any atom is 0.206 e. The zero-order valence-electron chi connectivity index (χ0n) is 17.6. The van der Waals surface area contributed by atoms with Gasteiger partial charge in [0.05, 0.1) is 17.6 Å². The van der Waals surface area contributed by atoms with Crippen LogP contribution in [-0.4, -0.2) is 79.1 Å². The number of alkyl halides is 1. The first kappa shape index (κ1) is 20.6. The molecule has 4 rings (SSSR count). The first-order valence-electron chi connectivity index (χ1n) is 11.1. The zero-order valence-corrected chi connectivity index (χ0v) is 17.6. The zero-order chi connectivity index (χ0) is 20.1. The lowest BCUT2D eigenvalue weighted by molar-refractivity contribution is 0.140. The summed E-state index contributed by atoms with van der Waals surface area (Å²) in [5, 5.41) is 3.16. The number of imidazole rings is 1. The molecular weight excluding hydrogens is 369 g/mol. The van der Waals surface area contributed by atoms with Gasteiger partial charge in [0.25, 0.3) is 0 Å². The molecule has 2 aliphatic heterocycles. The van der Waals surface area contributed by atoms with Crippen molar-refractivity contribution in [3.63, 3.8) is 0 Å². The number of nitrogens with one attached hydrogen (secondary N) is 1. The first-order valence-corrected chi connectivity index (χ1v) is 11.1. The number of para-hydroxylation sites is 2. The molecule has 29 heavy (non-hydrogen) atoms. The molecule has 2 saturated heterocycles. The number of ether oxygens (including phenoxy) is 1. The number of hydrogen-bond acceptors (Lipinski definition) is 5. The van der Waals surface area contributed by atoms with Crippen LogP contribution in [0.3, 0.4) is 0 Å². The highest BCUT2D eigenvalue weighted by Gasteiger charge is 2.33. The Morgan fingerprint density at radius 2 is 2.07 bits per heavy atom. The Labute approximate surface area is 173 Å². The van der Waals surface area contributed by atoms with E-state index in [1.807, 2.05) is 13.0 Å². The highest BCUT2D eigenvalue weighted by Crippen LogP contribution is 2.26. The van der Waals surface area contributed by atoms with Gasteiger partial charge >= 0.3 is 0 Å². The van der Waals surface area contributed by atoms with Gasteiger partial charge in [-0.3, -0.25) is 0 Å². The van der Waals surface area contributed by atoms with Crippen molar-refractivity contribution < 1.29 is 9.13 Å². The van der Waals surface area contributed by atoms with Crippen molar-refractivity contribution in [1.82, 2.24) is 19.8 Å². The number of nitrogens with zero attached hydrogens (tertiary/aromatic N) is 4. The molecule has 0 radical (unpaired) electrons. The van der Waals surface area contributed by atoms with Crippen molar-refractivity contribution in [3.05, 3.63) is 24.3 Å². The summed E-state index contributed by atoms with van der Waals surface area (Å²) in [6.45, 7) is 10.3. The maximum atomic E-state index is 14.7. The van der Waals surface area contributed by atoms with E-state index in [2.05, 4.69) is 37.9 Å². The number of fused-ring (bicyclic) bond motifs is 1. The standard InChI is InChI=1S/C22H34FN5O/c1-2-29-17-16-28-20-7-4-3-6-19(20)25-21(28)27-12-5-11-26(14-15-27)13-9-22(23)8-10-24-18-22/h3-4,6-7,24H,2,5,8-18H2,1H3. The topological polar surface area (TPSA) is 45.6 Å². The third-order valence-corrected chi connectivity index (χ3v) is 6.24. The number of aromatic nitrogens is 2. The molecule has 2 aliphatic rings. The van der Waals surface area contributed by atoms with Gasteiger partial charge < -0.3 is 24.4 Å². The van der Waals surface area contributed by atoms with E-state index in [0.717, 1.165) is 75.8 Å². The molecule has 1 atom stereocenters. The Balaban J connectivity index is 1.43. The van der Waals surface area contributed by atoms with E-state index < -0.39 is 5.67 Å². The second kappa shape index (κ2) is 9.41. The van der Waals surface area contributed by atoms with Crippen LogP contribution in [0.2, 0.25) is 0 Å². The quantitative estimate of drug-likeness (QED) is 0.687. The van der Waals surface area contributed by atoms with Crippen LogP contribution in [-0.2, 0) is 11.3 Å². The number of anilines is 1. The van der Waals surface area contributed by atoms with Gasteiger partial charge in [-0.15, -0.1) is 0 Å². The van der Waals surface area contributed by atoms with Crippen molar-refractivity contribution in [1.29, 1.82) is 0 Å². The average Bonchev–Trinajstić information content (AvgIpc) is 3.24. The highest BCUT2D eigenvalue weighted by atomic mass is 19.1. The number of halogens is 1. The van der Waals surface area contributed by atoms with Gasteiger partial charge in [0, 0.05) is 45.9 Å². The molecule has 1 aromatic heterocycles. The van der Waals surface area contributed by atoms with Crippen LogP contribution in [0, 0.1) is 0 Å². The van der Waals surface area contributed by atoms with Crippen molar-refractivity contribution in [2.45, 2.75) is 38.4 Å². The van der Waals surface area contributed by atoms with E-state index in [9.17, 15) is 4.39 Å². The van der Waals surface area contributed by atoms with Gasteiger partial charge in [0.2, 0.25) is 5.95 Å². The van der Waals surface area contributed by atoms with Crippen LogP contribution in [0.4, 0.5) is 10.3 Å². The summed E-state index contributed by atoms with van der Waals surface area (Å²) in [6.07, 6.45) is 2.36. The van der Waals surface area contributed by atoms with Crippen molar-refractivity contribution in [2.24, 2.45) is 0 Å². The molecule has 6 nitrogen and oxygen atoms in total. The van der Waals surface area contributed by atoms with Crippen molar-refractivity contribution in [3.8, 4) is 0 Å². The summed E-state index contributed by atoms with van der Waals surface area (Å²) in [7, 11) is 0. The Bertz CT molecular complexity index is 789. The molecule has 2 fully saturated rings. The van der Waals surface area contributed by atoms with Crippen LogP contribution in [0.5, 0.6) is 0 Å². The third-order valence-electron chi connectivity index (χ3n) is 6.24. The highest BCUT2D eigenvalue weighted by molar-refractivity contribution is 5.78. The van der Waals surface area contributed by atoms with Crippen LogP contribution >= 0.6 is 0 Å². The predicted octanol–water partition coefficient (Wildman–Crippen LogP) is 2.68. The summed E-state index contributed by atoms with van der Waals surface area (Å²) in [4.78, 5) is 9.77. The fraction of sp³-hybridized carbons (Fsp3) is 0.682. The molecule has 0 saturated carbocycles. The minimum Gasteiger partial charge on any atom is -0.380 e. The number of benzene rings is 1. The fourth-order valence-electron chi connectivity index (χ4n) is 4.50. The summed E-state index contributed by atoms with van der Waals surface area (Å²) in [5.41, 5.74) is 1.18. The normalized spacial score (nSPS) is 23.7. The summed E-state index contributed by atoms with van der Waals surface area (Å²) < 4.78 is 22.6. The van der Waals surface area contributed by atoms with Crippen LogP contribution in [0.15, 0.2) is 24.3 Å². The molecular formula is C22H34FN5O. The van der Waals surface area contributed by atoms with Gasteiger partial charge in [-0.25, -0.2) is 9.37 Å². The van der Waals surface area contributed by atoms with Gasteiger partial charge in [-0.1, -0.05) is 12.1 Å². The van der Waals surface area contributed by atoms with Gasteiger partial charge in [-0.05, 0) is 51.4 Å². The minimum absolute atomic E-state index is 0.511. The Morgan fingerprint density at radius 1 is 1.17 bits per heavy atom. The smallest absolute Gasteiger partial charge is 0.206 e. The summed E-state index contributed by atoms with van der Waals surface area (Å²) in [5.74, 6) is 1.04. The number of hydrogen-bond donors (Lipinski definition) is 1. The molecule has 7 heteroatoms. The van der Waals surface area contributed by atoms with Crippen molar-refractivity contribution >= 4 is 17.0 Å². The number of rotatable bonds is 8. The van der Waals surface area contributed by atoms with E-state index >= 15 is 0 Å². The molecule has 1 N–H and O–H groups in total. The molecule has 0 amide bonds. The molecule has 0 aliphatic carbocycles. The molecule has 0 spiro atoms. The lowest BCUT2D eigenvalue weighted by atomic mass is 10.0. The molecule has 0 bridgehead atoms. The molecule has 3 heterocycles.